The summed E-state index contributed by atoms with van der Waals surface area (Å²) in [4.78, 5) is 16.0. The normalized spacial score (nSPS) is 19.0. The SMILES string of the molecule is COC1OC(=O)C(Br)=C1n1cnc2cc(C)c(C)cc21. The van der Waals surface area contributed by atoms with Crippen molar-refractivity contribution in [2.24, 2.45) is 0 Å². The van der Waals surface area contributed by atoms with Crippen LogP contribution in [0.3, 0.4) is 0 Å². The highest BCUT2D eigenvalue weighted by molar-refractivity contribution is 9.12. The summed E-state index contributed by atoms with van der Waals surface area (Å²) in [5, 5.41) is 0. The number of aromatic nitrogens is 2. The number of imidazole rings is 1. The van der Waals surface area contributed by atoms with E-state index in [1.807, 2.05) is 30.5 Å². The van der Waals surface area contributed by atoms with E-state index in [1.54, 1.807) is 6.33 Å². The number of nitrogens with zero attached hydrogens (tertiary/aromatic N) is 2. The van der Waals surface area contributed by atoms with Crippen LogP contribution in [-0.4, -0.2) is 28.9 Å². The van der Waals surface area contributed by atoms with Crippen LogP contribution in [0.2, 0.25) is 0 Å². The van der Waals surface area contributed by atoms with Gasteiger partial charge in [-0.05, 0) is 53.0 Å². The number of cyclic esters (lactones) is 1. The maximum absolute atomic E-state index is 11.7. The number of halogens is 1. The van der Waals surface area contributed by atoms with Crippen LogP contribution < -0.4 is 0 Å². The van der Waals surface area contributed by atoms with Crippen LogP contribution in [0, 0.1) is 13.8 Å². The van der Waals surface area contributed by atoms with E-state index in [4.69, 9.17) is 9.47 Å². The van der Waals surface area contributed by atoms with Crippen LogP contribution in [0.5, 0.6) is 0 Å². The van der Waals surface area contributed by atoms with Gasteiger partial charge < -0.3 is 9.47 Å². The minimum absolute atomic E-state index is 0.363. The Morgan fingerprint density at radius 1 is 1.35 bits per heavy atom. The van der Waals surface area contributed by atoms with Crippen molar-refractivity contribution >= 4 is 38.6 Å². The number of carbonyl (C=O) groups is 1. The molecule has 0 N–H and O–H groups in total. The minimum Gasteiger partial charge on any atom is -0.426 e. The zero-order chi connectivity index (χ0) is 14.4. The Bertz CT molecular complexity index is 748. The monoisotopic (exact) mass is 336 g/mol. The molecule has 1 atom stereocenters. The number of hydrogen-bond donors (Lipinski definition) is 0. The van der Waals surface area contributed by atoms with Gasteiger partial charge in [-0.25, -0.2) is 9.78 Å². The Morgan fingerprint density at radius 2 is 2.05 bits per heavy atom. The number of ether oxygens (including phenoxy) is 2. The molecule has 1 aliphatic heterocycles. The topological polar surface area (TPSA) is 53.4 Å². The Morgan fingerprint density at radius 3 is 2.75 bits per heavy atom. The third kappa shape index (κ3) is 1.87. The van der Waals surface area contributed by atoms with Crippen LogP contribution >= 0.6 is 15.9 Å². The molecule has 20 heavy (non-hydrogen) atoms. The van der Waals surface area contributed by atoms with Gasteiger partial charge in [-0.15, -0.1) is 0 Å². The van der Waals surface area contributed by atoms with Gasteiger partial charge >= 0.3 is 5.97 Å². The standard InChI is InChI=1S/C14H13BrN2O3/c1-7-4-9-10(5-8(7)2)17(6-16-9)12-11(15)13(18)20-14(12)19-3/h4-6,14H,1-3H3. The van der Waals surface area contributed by atoms with Crippen molar-refractivity contribution < 1.29 is 14.3 Å². The predicted molar refractivity (Wildman–Crippen MR) is 78.2 cm³/mol. The van der Waals surface area contributed by atoms with Gasteiger partial charge in [-0.1, -0.05) is 0 Å². The van der Waals surface area contributed by atoms with Gasteiger partial charge in [-0.2, -0.15) is 0 Å². The summed E-state index contributed by atoms with van der Waals surface area (Å²) in [6.07, 6.45) is 0.949. The second-order valence-electron chi connectivity index (χ2n) is 4.71. The van der Waals surface area contributed by atoms with Gasteiger partial charge in [0.25, 0.3) is 0 Å². The third-order valence-electron chi connectivity index (χ3n) is 3.48. The first kappa shape index (κ1) is 13.3. The largest absolute Gasteiger partial charge is 0.426 e. The molecule has 0 spiro atoms. The summed E-state index contributed by atoms with van der Waals surface area (Å²) in [7, 11) is 1.50. The Labute approximate surface area is 124 Å². The van der Waals surface area contributed by atoms with Crippen LogP contribution in [0.15, 0.2) is 22.9 Å². The molecule has 0 fully saturated rings. The molecule has 1 aliphatic rings. The molecule has 3 rings (SSSR count). The van der Waals surface area contributed by atoms with Gasteiger partial charge in [0.1, 0.15) is 16.5 Å². The van der Waals surface area contributed by atoms with Crippen molar-refractivity contribution in [1.82, 2.24) is 9.55 Å². The summed E-state index contributed by atoms with van der Waals surface area (Å²) in [5.74, 6) is -0.433. The van der Waals surface area contributed by atoms with Gasteiger partial charge in [0.05, 0.1) is 11.0 Å². The summed E-state index contributed by atoms with van der Waals surface area (Å²) < 4.78 is 12.5. The van der Waals surface area contributed by atoms with E-state index in [9.17, 15) is 4.79 Å². The lowest BCUT2D eigenvalue weighted by Gasteiger charge is -2.13. The molecule has 104 valence electrons. The van der Waals surface area contributed by atoms with E-state index in [-0.39, 0.29) is 0 Å². The average molecular weight is 337 g/mol. The molecule has 5 nitrogen and oxygen atoms in total. The summed E-state index contributed by atoms with van der Waals surface area (Å²) in [5.41, 5.74) is 4.74. The first-order valence-electron chi connectivity index (χ1n) is 6.11. The molecule has 0 saturated carbocycles. The molecule has 0 aliphatic carbocycles. The average Bonchev–Trinajstić information content (AvgIpc) is 2.92. The maximum atomic E-state index is 11.7. The first-order valence-corrected chi connectivity index (χ1v) is 6.90. The lowest BCUT2D eigenvalue weighted by Crippen LogP contribution is -2.16. The molecule has 0 bridgehead atoms. The number of esters is 1. The van der Waals surface area contributed by atoms with E-state index in [2.05, 4.69) is 20.9 Å². The lowest BCUT2D eigenvalue weighted by atomic mass is 10.1. The molecule has 1 aromatic heterocycles. The minimum atomic E-state index is -0.726. The zero-order valence-electron chi connectivity index (χ0n) is 11.3. The van der Waals surface area contributed by atoms with Crippen molar-refractivity contribution in [1.29, 1.82) is 0 Å². The van der Waals surface area contributed by atoms with Gasteiger partial charge in [-0.3, -0.25) is 4.57 Å². The van der Waals surface area contributed by atoms with Crippen molar-refractivity contribution in [3.05, 3.63) is 34.1 Å². The highest BCUT2D eigenvalue weighted by Crippen LogP contribution is 2.33. The van der Waals surface area contributed by atoms with Gasteiger partial charge in [0.15, 0.2) is 0 Å². The number of methoxy groups -OCH3 is 1. The summed E-state index contributed by atoms with van der Waals surface area (Å²) in [6.45, 7) is 4.09. The fourth-order valence-corrected chi connectivity index (χ4v) is 2.72. The molecular formula is C14H13BrN2O3. The van der Waals surface area contributed by atoms with Gasteiger partial charge in [0.2, 0.25) is 6.29 Å². The maximum Gasteiger partial charge on any atom is 0.349 e. The molecule has 0 amide bonds. The lowest BCUT2D eigenvalue weighted by molar-refractivity contribution is -0.153. The summed E-state index contributed by atoms with van der Waals surface area (Å²) >= 11 is 3.27. The molecule has 1 unspecified atom stereocenters. The Kier molecular flexibility index (Phi) is 3.14. The van der Waals surface area contributed by atoms with Gasteiger partial charge in [0, 0.05) is 7.11 Å². The quantitative estimate of drug-likeness (QED) is 0.791. The van der Waals surface area contributed by atoms with Crippen LogP contribution in [0.1, 0.15) is 11.1 Å². The van der Waals surface area contributed by atoms with Crippen molar-refractivity contribution in [3.63, 3.8) is 0 Å². The van der Waals surface area contributed by atoms with E-state index in [1.165, 1.54) is 12.7 Å². The van der Waals surface area contributed by atoms with Crippen LogP contribution in [0.25, 0.3) is 16.7 Å². The zero-order valence-corrected chi connectivity index (χ0v) is 12.9. The van der Waals surface area contributed by atoms with E-state index >= 15 is 0 Å². The van der Waals surface area contributed by atoms with E-state index in [0.717, 1.165) is 16.6 Å². The van der Waals surface area contributed by atoms with Crippen molar-refractivity contribution in [2.75, 3.05) is 7.11 Å². The summed E-state index contributed by atoms with van der Waals surface area (Å²) in [6, 6.07) is 4.07. The second kappa shape index (κ2) is 4.71. The third-order valence-corrected chi connectivity index (χ3v) is 4.21. The highest BCUT2D eigenvalue weighted by Gasteiger charge is 2.35. The number of hydrogen-bond acceptors (Lipinski definition) is 4. The highest BCUT2D eigenvalue weighted by atomic mass is 79.9. The van der Waals surface area contributed by atoms with E-state index < -0.39 is 12.3 Å². The molecule has 6 heteroatoms. The Balaban J connectivity index is 2.24. The molecule has 0 radical (unpaired) electrons. The number of aryl methyl sites for hydroxylation is 2. The second-order valence-corrected chi connectivity index (χ2v) is 5.50. The number of carbonyl (C=O) groups excluding carboxylic acids is 1. The molecule has 2 heterocycles. The molecule has 1 aromatic carbocycles. The number of fused-ring (bicyclic) bond motifs is 1. The van der Waals surface area contributed by atoms with Crippen molar-refractivity contribution in [2.45, 2.75) is 20.1 Å². The number of benzene rings is 1. The molecule has 0 saturated heterocycles. The first-order chi connectivity index (χ1) is 9.52. The van der Waals surface area contributed by atoms with E-state index in [0.29, 0.717) is 10.2 Å². The fraction of sp³-hybridized carbons (Fsp3) is 0.286. The van der Waals surface area contributed by atoms with Crippen LogP contribution in [-0.2, 0) is 14.3 Å². The number of rotatable bonds is 2. The fourth-order valence-electron chi connectivity index (χ4n) is 2.25. The predicted octanol–water partition coefficient (Wildman–Crippen LogP) is 2.75. The molecule has 2 aromatic rings. The van der Waals surface area contributed by atoms with Crippen molar-refractivity contribution in [3.8, 4) is 0 Å². The Hall–Kier alpha value is -1.66. The smallest absolute Gasteiger partial charge is 0.349 e. The molecular weight excluding hydrogens is 324 g/mol. The van der Waals surface area contributed by atoms with Crippen LogP contribution in [0.4, 0.5) is 0 Å².